The summed E-state index contributed by atoms with van der Waals surface area (Å²) in [7, 11) is 0. The van der Waals surface area contributed by atoms with Crippen molar-refractivity contribution in [1.82, 2.24) is 10.3 Å². The number of rotatable bonds is 4. The van der Waals surface area contributed by atoms with Gasteiger partial charge in [0.1, 0.15) is 0 Å². The van der Waals surface area contributed by atoms with Crippen LogP contribution in [0.4, 0.5) is 0 Å². The van der Waals surface area contributed by atoms with Crippen molar-refractivity contribution >= 4 is 5.91 Å². The van der Waals surface area contributed by atoms with Crippen molar-refractivity contribution in [2.45, 2.75) is 53.0 Å². The summed E-state index contributed by atoms with van der Waals surface area (Å²) in [5, 5.41) is 0. The molecule has 0 aromatic carbocycles. The summed E-state index contributed by atoms with van der Waals surface area (Å²) in [6, 6.07) is -0.0825. The third-order valence-electron chi connectivity index (χ3n) is 4.19. The molecular weight excluding hydrogens is 226 g/mol. The molecule has 1 aliphatic rings. The van der Waals surface area contributed by atoms with Crippen LogP contribution in [0.2, 0.25) is 0 Å². The second-order valence-electron chi connectivity index (χ2n) is 6.17. The van der Waals surface area contributed by atoms with Crippen LogP contribution < -0.4 is 11.3 Å². The summed E-state index contributed by atoms with van der Waals surface area (Å²) >= 11 is 0. The van der Waals surface area contributed by atoms with Gasteiger partial charge in [-0.2, -0.15) is 0 Å². The third kappa shape index (κ3) is 3.95. The lowest BCUT2D eigenvalue weighted by Crippen LogP contribution is -2.52. The molecule has 18 heavy (non-hydrogen) atoms. The van der Waals surface area contributed by atoms with Gasteiger partial charge in [0.15, 0.2) is 0 Å². The predicted molar refractivity (Wildman–Crippen MR) is 74.7 cm³/mol. The van der Waals surface area contributed by atoms with Crippen molar-refractivity contribution in [2.24, 2.45) is 23.6 Å². The zero-order valence-electron chi connectivity index (χ0n) is 12.3. The largest absolute Gasteiger partial charge is 0.293 e. The molecule has 2 atom stereocenters. The van der Waals surface area contributed by atoms with Gasteiger partial charge in [0.2, 0.25) is 0 Å². The molecular formula is C14H29N3O. The van der Waals surface area contributed by atoms with E-state index in [0.717, 1.165) is 24.9 Å². The first-order chi connectivity index (χ1) is 8.47. The van der Waals surface area contributed by atoms with Crippen LogP contribution in [0.15, 0.2) is 0 Å². The molecule has 1 heterocycles. The fraction of sp³-hybridized carbons (Fsp3) is 0.929. The number of hydrogen-bond acceptors (Lipinski definition) is 3. The van der Waals surface area contributed by atoms with Crippen LogP contribution in [0, 0.1) is 17.8 Å². The van der Waals surface area contributed by atoms with Crippen LogP contribution in [0.5, 0.6) is 0 Å². The van der Waals surface area contributed by atoms with Gasteiger partial charge in [-0.25, -0.2) is 5.84 Å². The van der Waals surface area contributed by atoms with Crippen LogP contribution >= 0.6 is 0 Å². The zero-order chi connectivity index (χ0) is 13.7. The molecule has 4 nitrogen and oxygen atoms in total. The Morgan fingerprint density at radius 1 is 1.22 bits per heavy atom. The molecule has 0 bridgehead atoms. The highest BCUT2D eigenvalue weighted by Gasteiger charge is 2.30. The molecule has 0 aliphatic carbocycles. The van der Waals surface area contributed by atoms with Crippen molar-refractivity contribution in [3.63, 3.8) is 0 Å². The highest BCUT2D eigenvalue weighted by molar-refractivity contribution is 5.81. The maximum atomic E-state index is 11.9. The first kappa shape index (κ1) is 15.4. The van der Waals surface area contributed by atoms with E-state index in [1.165, 1.54) is 19.3 Å². The minimum absolute atomic E-state index is 0.0482. The molecule has 4 heteroatoms. The minimum atomic E-state index is -0.0825. The molecule has 2 unspecified atom stereocenters. The van der Waals surface area contributed by atoms with Crippen LogP contribution in [0.1, 0.15) is 47.0 Å². The van der Waals surface area contributed by atoms with Gasteiger partial charge >= 0.3 is 0 Å². The molecule has 1 saturated heterocycles. The van der Waals surface area contributed by atoms with Crippen LogP contribution in [0.25, 0.3) is 0 Å². The predicted octanol–water partition coefficient (Wildman–Crippen LogP) is 1.76. The molecule has 0 radical (unpaired) electrons. The van der Waals surface area contributed by atoms with E-state index in [9.17, 15) is 4.79 Å². The van der Waals surface area contributed by atoms with Gasteiger partial charge in [0.25, 0.3) is 5.91 Å². The van der Waals surface area contributed by atoms with Gasteiger partial charge in [-0.3, -0.25) is 15.1 Å². The Balaban J connectivity index is 2.67. The Bertz CT molecular complexity index is 266. The molecule has 0 aromatic rings. The van der Waals surface area contributed by atoms with E-state index in [-0.39, 0.29) is 11.9 Å². The Hall–Kier alpha value is -0.610. The quantitative estimate of drug-likeness (QED) is 0.457. The van der Waals surface area contributed by atoms with Crippen molar-refractivity contribution in [1.29, 1.82) is 0 Å². The number of nitrogens with two attached hydrogens (primary N) is 1. The Morgan fingerprint density at radius 2 is 1.89 bits per heavy atom. The van der Waals surface area contributed by atoms with Crippen LogP contribution in [0.3, 0.4) is 0 Å². The standard InChI is InChI=1S/C14H29N3O/c1-10(2)12-6-5-8-17(9-7-12)13(11(3)4)14(18)16-15/h10-13H,5-9,15H2,1-4H3,(H,16,18). The molecule has 0 aromatic heterocycles. The van der Waals surface area contributed by atoms with Crippen molar-refractivity contribution in [3.8, 4) is 0 Å². The summed E-state index contributed by atoms with van der Waals surface area (Å²) in [4.78, 5) is 14.2. The highest BCUT2D eigenvalue weighted by Crippen LogP contribution is 2.26. The Kier molecular flexibility index (Phi) is 6.09. The molecule has 0 saturated carbocycles. The second kappa shape index (κ2) is 7.10. The minimum Gasteiger partial charge on any atom is -0.293 e. The molecule has 1 aliphatic heterocycles. The summed E-state index contributed by atoms with van der Waals surface area (Å²) in [5.74, 6) is 7.09. The smallest absolute Gasteiger partial charge is 0.251 e. The summed E-state index contributed by atoms with van der Waals surface area (Å²) in [5.41, 5.74) is 2.32. The molecule has 1 amide bonds. The summed E-state index contributed by atoms with van der Waals surface area (Å²) < 4.78 is 0. The number of likely N-dealkylation sites (tertiary alicyclic amines) is 1. The molecule has 106 valence electrons. The van der Waals surface area contributed by atoms with Gasteiger partial charge in [0, 0.05) is 0 Å². The highest BCUT2D eigenvalue weighted by atomic mass is 16.2. The van der Waals surface area contributed by atoms with Gasteiger partial charge in [-0.1, -0.05) is 27.7 Å². The lowest BCUT2D eigenvalue weighted by atomic mass is 9.89. The number of nitrogens with one attached hydrogen (secondary N) is 1. The monoisotopic (exact) mass is 255 g/mol. The van der Waals surface area contributed by atoms with Crippen LogP contribution in [-0.2, 0) is 4.79 Å². The maximum Gasteiger partial charge on any atom is 0.251 e. The summed E-state index contributed by atoms with van der Waals surface area (Å²) in [6.45, 7) is 10.8. The lowest BCUT2D eigenvalue weighted by Gasteiger charge is -2.32. The molecule has 0 spiro atoms. The van der Waals surface area contributed by atoms with Gasteiger partial charge in [-0.05, 0) is 50.1 Å². The average Bonchev–Trinajstić information content (AvgIpc) is 2.54. The zero-order valence-corrected chi connectivity index (χ0v) is 12.3. The number of carbonyl (C=O) groups is 1. The third-order valence-corrected chi connectivity index (χ3v) is 4.19. The fourth-order valence-electron chi connectivity index (χ4n) is 3.06. The molecule has 3 N–H and O–H groups in total. The average molecular weight is 255 g/mol. The van der Waals surface area contributed by atoms with Gasteiger partial charge < -0.3 is 0 Å². The van der Waals surface area contributed by atoms with Gasteiger partial charge in [0.05, 0.1) is 6.04 Å². The number of amides is 1. The van der Waals surface area contributed by atoms with E-state index in [2.05, 4.69) is 38.0 Å². The van der Waals surface area contributed by atoms with Crippen molar-refractivity contribution in [3.05, 3.63) is 0 Å². The van der Waals surface area contributed by atoms with E-state index >= 15 is 0 Å². The van der Waals surface area contributed by atoms with E-state index in [1.54, 1.807) is 0 Å². The number of nitrogens with zero attached hydrogens (tertiary/aromatic N) is 1. The number of hydrogen-bond donors (Lipinski definition) is 2. The van der Waals surface area contributed by atoms with Crippen molar-refractivity contribution in [2.75, 3.05) is 13.1 Å². The summed E-state index contributed by atoms with van der Waals surface area (Å²) in [6.07, 6.45) is 3.66. The topological polar surface area (TPSA) is 58.4 Å². The first-order valence-electron chi connectivity index (χ1n) is 7.21. The van der Waals surface area contributed by atoms with E-state index in [4.69, 9.17) is 5.84 Å². The van der Waals surface area contributed by atoms with Gasteiger partial charge in [-0.15, -0.1) is 0 Å². The first-order valence-corrected chi connectivity index (χ1v) is 7.21. The Labute approximate surface area is 111 Å². The van der Waals surface area contributed by atoms with Crippen molar-refractivity contribution < 1.29 is 4.79 Å². The Morgan fingerprint density at radius 3 is 2.39 bits per heavy atom. The lowest BCUT2D eigenvalue weighted by molar-refractivity contribution is -0.128. The second-order valence-corrected chi connectivity index (χ2v) is 6.17. The van der Waals surface area contributed by atoms with E-state index < -0.39 is 0 Å². The van der Waals surface area contributed by atoms with Crippen LogP contribution in [-0.4, -0.2) is 29.9 Å². The number of carbonyl (C=O) groups excluding carboxylic acids is 1. The normalized spacial score (nSPS) is 24.1. The number of hydrazine groups is 1. The van der Waals surface area contributed by atoms with E-state index in [0.29, 0.717) is 5.92 Å². The maximum absolute atomic E-state index is 11.9. The SMILES string of the molecule is CC(C)C1CCCN(C(C(=O)NN)C(C)C)CC1. The molecule has 1 fully saturated rings. The fourth-order valence-corrected chi connectivity index (χ4v) is 3.06. The van der Waals surface area contributed by atoms with E-state index in [1.807, 2.05) is 0 Å². The molecule has 1 rings (SSSR count).